The number of hydrogen-bond donors (Lipinski definition) is 1. The van der Waals surface area contributed by atoms with Crippen molar-refractivity contribution in [3.63, 3.8) is 0 Å². The number of tetrazole rings is 1. The molecule has 0 saturated heterocycles. The summed E-state index contributed by atoms with van der Waals surface area (Å²) < 4.78 is 4.60. The molecule has 0 spiro atoms. The van der Waals surface area contributed by atoms with E-state index in [2.05, 4.69) is 25.5 Å². The molecule has 10 heteroatoms. The van der Waals surface area contributed by atoms with Crippen LogP contribution in [0, 0.1) is 6.92 Å². The number of imidazole rings is 1. The summed E-state index contributed by atoms with van der Waals surface area (Å²) in [6, 6.07) is 24.8. The number of nitrogens with zero attached hydrogens (tertiary/aromatic N) is 7. The molecule has 6 rings (SSSR count). The molecule has 10 nitrogen and oxygen atoms in total. The van der Waals surface area contributed by atoms with E-state index in [0.717, 1.165) is 26.9 Å². The van der Waals surface area contributed by atoms with Crippen molar-refractivity contribution in [3.05, 3.63) is 117 Å². The highest BCUT2D eigenvalue weighted by molar-refractivity contribution is 5.73. The molecule has 3 aromatic heterocycles. The van der Waals surface area contributed by atoms with Gasteiger partial charge in [-0.05, 0) is 46.7 Å². The number of rotatable bonds is 5. The largest absolute Gasteiger partial charge is 0.334 e. The van der Waals surface area contributed by atoms with Crippen molar-refractivity contribution in [3.8, 4) is 22.5 Å². The van der Waals surface area contributed by atoms with Gasteiger partial charge in [0.2, 0.25) is 0 Å². The van der Waals surface area contributed by atoms with Crippen LogP contribution in [0.4, 0.5) is 0 Å². The minimum atomic E-state index is -0.519. The van der Waals surface area contributed by atoms with Crippen molar-refractivity contribution in [2.45, 2.75) is 13.5 Å². The molecular weight excluding hydrogens is 456 g/mol. The third-order valence-electron chi connectivity index (χ3n) is 6.11. The highest BCUT2D eigenvalue weighted by Crippen LogP contribution is 2.26. The van der Waals surface area contributed by atoms with E-state index in [1.807, 2.05) is 66.1 Å². The Morgan fingerprint density at radius 3 is 2.39 bits per heavy atom. The first kappa shape index (κ1) is 21.4. The molecule has 0 aliphatic rings. The molecule has 3 aromatic carbocycles. The summed E-state index contributed by atoms with van der Waals surface area (Å²) in [7, 11) is 0. The molecule has 1 N–H and O–H groups in total. The number of aromatic amines is 1. The second kappa shape index (κ2) is 8.58. The highest BCUT2D eigenvalue weighted by Gasteiger charge is 2.17. The Labute approximate surface area is 204 Å². The third-order valence-corrected chi connectivity index (χ3v) is 6.11. The van der Waals surface area contributed by atoms with Gasteiger partial charge in [0.05, 0.1) is 11.4 Å². The number of benzene rings is 3. The van der Waals surface area contributed by atoms with Crippen molar-refractivity contribution in [2.24, 2.45) is 0 Å². The lowest BCUT2D eigenvalue weighted by molar-refractivity contribution is 0.776. The van der Waals surface area contributed by atoms with Crippen molar-refractivity contribution in [1.29, 1.82) is 0 Å². The van der Waals surface area contributed by atoms with Crippen LogP contribution in [0.2, 0.25) is 0 Å². The first-order valence-corrected chi connectivity index (χ1v) is 11.3. The summed E-state index contributed by atoms with van der Waals surface area (Å²) in [4.78, 5) is 33.3. The first-order valence-electron chi connectivity index (χ1n) is 11.3. The van der Waals surface area contributed by atoms with Crippen molar-refractivity contribution < 1.29 is 0 Å². The number of nitrogens with one attached hydrogen (secondary N) is 1. The number of hydrogen-bond acceptors (Lipinski definition) is 6. The van der Waals surface area contributed by atoms with Crippen LogP contribution < -0.4 is 11.2 Å². The van der Waals surface area contributed by atoms with Crippen LogP contribution in [0.1, 0.15) is 11.4 Å². The highest BCUT2D eigenvalue weighted by atomic mass is 16.2. The molecule has 0 fully saturated rings. The molecular formula is C26H20N8O2. The van der Waals surface area contributed by atoms with E-state index in [0.29, 0.717) is 23.6 Å². The second-order valence-electron chi connectivity index (χ2n) is 8.32. The lowest BCUT2D eigenvalue weighted by atomic mass is 10.0. The fourth-order valence-electron chi connectivity index (χ4n) is 4.39. The fraction of sp³-hybridized carbons (Fsp3) is 0.0769. The Morgan fingerprint density at radius 2 is 1.64 bits per heavy atom. The molecule has 0 saturated carbocycles. The minimum absolute atomic E-state index is 0.279. The zero-order valence-corrected chi connectivity index (χ0v) is 19.2. The second-order valence-corrected chi connectivity index (χ2v) is 8.32. The predicted molar refractivity (Wildman–Crippen MR) is 134 cm³/mol. The Kier molecular flexibility index (Phi) is 5.11. The van der Waals surface area contributed by atoms with E-state index < -0.39 is 11.2 Å². The number of H-pyrrole nitrogens is 1. The van der Waals surface area contributed by atoms with Gasteiger partial charge in [0.1, 0.15) is 12.2 Å². The van der Waals surface area contributed by atoms with E-state index in [4.69, 9.17) is 0 Å². The Bertz CT molecular complexity index is 1800. The summed E-state index contributed by atoms with van der Waals surface area (Å²) >= 11 is 0. The lowest BCUT2D eigenvalue weighted by Gasteiger charge is -2.11. The van der Waals surface area contributed by atoms with Crippen LogP contribution in [-0.2, 0) is 6.54 Å². The van der Waals surface area contributed by atoms with Crippen molar-refractivity contribution >= 4 is 11.2 Å². The zero-order chi connectivity index (χ0) is 24.6. The molecule has 36 heavy (non-hydrogen) atoms. The standard InChI is InChI=1S/C26H20N8O2/c1-17-28-24-23(25(35)34(26(36)29-24)20-7-3-2-4-8-20)32(17)15-18-11-13-19(14-12-18)21-9-5-6-10-22(21)33-16-27-30-31-33/h2-14,16H,15H2,1H3,(H,29,36). The van der Waals surface area contributed by atoms with Gasteiger partial charge in [0.25, 0.3) is 5.56 Å². The van der Waals surface area contributed by atoms with Gasteiger partial charge in [-0.2, -0.15) is 4.68 Å². The molecule has 0 bridgehead atoms. The van der Waals surface area contributed by atoms with Crippen LogP contribution in [0.5, 0.6) is 0 Å². The minimum Gasteiger partial charge on any atom is -0.318 e. The maximum Gasteiger partial charge on any atom is 0.334 e. The normalized spacial score (nSPS) is 11.2. The fourth-order valence-corrected chi connectivity index (χ4v) is 4.39. The van der Waals surface area contributed by atoms with Gasteiger partial charge in [0.15, 0.2) is 11.2 Å². The SMILES string of the molecule is Cc1nc2[nH]c(=O)n(-c3ccccc3)c(=O)c2n1Cc1ccc(-c2ccccc2-n2cnnn2)cc1. The average Bonchev–Trinajstić information content (AvgIpc) is 3.54. The van der Waals surface area contributed by atoms with E-state index in [1.165, 1.54) is 0 Å². The first-order chi connectivity index (χ1) is 17.6. The third kappa shape index (κ3) is 3.61. The maximum absolute atomic E-state index is 13.4. The summed E-state index contributed by atoms with van der Waals surface area (Å²) in [5.41, 5.74) is 4.06. The summed E-state index contributed by atoms with van der Waals surface area (Å²) in [6.07, 6.45) is 1.56. The van der Waals surface area contributed by atoms with Crippen molar-refractivity contribution in [2.75, 3.05) is 0 Å². The summed E-state index contributed by atoms with van der Waals surface area (Å²) in [6.45, 7) is 2.24. The number of fused-ring (bicyclic) bond motifs is 1. The molecule has 0 aliphatic carbocycles. The van der Waals surface area contributed by atoms with Crippen molar-refractivity contribution in [1.82, 2.24) is 39.3 Å². The maximum atomic E-state index is 13.4. The Hall–Kier alpha value is -5.12. The topological polar surface area (TPSA) is 116 Å². The van der Waals surface area contributed by atoms with E-state index in [1.54, 1.807) is 35.3 Å². The smallest absolute Gasteiger partial charge is 0.318 e. The van der Waals surface area contributed by atoms with Gasteiger partial charge < -0.3 is 4.57 Å². The quantitative estimate of drug-likeness (QED) is 0.409. The molecule has 0 radical (unpaired) electrons. The van der Waals surface area contributed by atoms with Gasteiger partial charge in [-0.3, -0.25) is 9.78 Å². The van der Waals surface area contributed by atoms with Crippen LogP contribution in [0.25, 0.3) is 33.7 Å². The molecule has 0 aliphatic heterocycles. The van der Waals surface area contributed by atoms with Gasteiger partial charge in [0, 0.05) is 12.1 Å². The predicted octanol–water partition coefficient (Wildman–Crippen LogP) is 2.87. The van der Waals surface area contributed by atoms with Crippen LogP contribution in [0.15, 0.2) is 94.8 Å². The number of para-hydroxylation sites is 2. The van der Waals surface area contributed by atoms with E-state index in [-0.39, 0.29) is 5.65 Å². The Balaban J connectivity index is 1.39. The molecule has 176 valence electrons. The Morgan fingerprint density at radius 1 is 0.889 bits per heavy atom. The molecule has 0 unspecified atom stereocenters. The van der Waals surface area contributed by atoms with Gasteiger partial charge >= 0.3 is 5.69 Å². The molecule has 0 amide bonds. The monoisotopic (exact) mass is 476 g/mol. The summed E-state index contributed by atoms with van der Waals surface area (Å²) in [5, 5.41) is 11.5. The van der Waals surface area contributed by atoms with E-state index >= 15 is 0 Å². The zero-order valence-electron chi connectivity index (χ0n) is 19.2. The van der Waals surface area contributed by atoms with Crippen LogP contribution >= 0.6 is 0 Å². The van der Waals surface area contributed by atoms with E-state index in [9.17, 15) is 9.59 Å². The number of aromatic nitrogens is 8. The summed E-state index contributed by atoms with van der Waals surface area (Å²) in [5.74, 6) is 0.636. The van der Waals surface area contributed by atoms with Crippen LogP contribution in [0.3, 0.4) is 0 Å². The van der Waals surface area contributed by atoms with Gasteiger partial charge in [-0.1, -0.05) is 60.7 Å². The average molecular weight is 477 g/mol. The lowest BCUT2D eigenvalue weighted by Crippen LogP contribution is -2.34. The number of aryl methyl sites for hydroxylation is 1. The molecule has 3 heterocycles. The molecule has 6 aromatic rings. The van der Waals surface area contributed by atoms with Crippen LogP contribution in [-0.4, -0.2) is 39.3 Å². The molecule has 0 atom stereocenters. The van der Waals surface area contributed by atoms with Gasteiger partial charge in [-0.15, -0.1) is 5.10 Å². The van der Waals surface area contributed by atoms with Gasteiger partial charge in [-0.25, -0.2) is 14.3 Å².